The van der Waals surface area contributed by atoms with E-state index in [2.05, 4.69) is 10.2 Å². The minimum absolute atomic E-state index is 0.0609. The van der Waals surface area contributed by atoms with E-state index >= 15 is 0 Å². The van der Waals surface area contributed by atoms with Crippen molar-refractivity contribution in [3.8, 4) is 0 Å². The van der Waals surface area contributed by atoms with Crippen LogP contribution in [-0.2, 0) is 4.79 Å². The Balaban J connectivity index is 1.40. The summed E-state index contributed by atoms with van der Waals surface area (Å²) in [6, 6.07) is 3.81. The van der Waals surface area contributed by atoms with E-state index in [1.165, 1.54) is 18.2 Å². The number of hydrogen-bond acceptors (Lipinski definition) is 5. The quantitative estimate of drug-likeness (QED) is 0.575. The molecule has 2 amide bonds. The second kappa shape index (κ2) is 9.34. The molecular formula is C19H25ClN4O4. The van der Waals surface area contributed by atoms with Crippen LogP contribution in [0.15, 0.2) is 18.2 Å². The Morgan fingerprint density at radius 3 is 2.46 bits per heavy atom. The molecule has 0 bridgehead atoms. The molecule has 1 aromatic carbocycles. The van der Waals surface area contributed by atoms with E-state index in [9.17, 15) is 19.7 Å². The third-order valence-electron chi connectivity index (χ3n) is 5.51. The number of nitro groups is 1. The molecule has 1 aromatic rings. The Labute approximate surface area is 169 Å². The van der Waals surface area contributed by atoms with Crippen molar-refractivity contribution in [1.82, 2.24) is 15.1 Å². The number of piperazine rings is 1. The number of benzene rings is 1. The monoisotopic (exact) mass is 408 g/mol. The molecule has 1 saturated heterocycles. The van der Waals surface area contributed by atoms with Gasteiger partial charge in [-0.2, -0.15) is 0 Å². The van der Waals surface area contributed by atoms with Gasteiger partial charge in [0.25, 0.3) is 11.6 Å². The first-order chi connectivity index (χ1) is 13.5. The number of nitrogens with zero attached hydrogens (tertiary/aromatic N) is 3. The van der Waals surface area contributed by atoms with Gasteiger partial charge >= 0.3 is 0 Å². The van der Waals surface area contributed by atoms with Crippen LogP contribution in [0.4, 0.5) is 5.69 Å². The van der Waals surface area contributed by atoms with Gasteiger partial charge in [-0.25, -0.2) is 0 Å². The van der Waals surface area contributed by atoms with E-state index in [1.807, 2.05) is 4.90 Å². The maximum Gasteiger partial charge on any atom is 0.270 e. The van der Waals surface area contributed by atoms with Crippen molar-refractivity contribution in [2.24, 2.45) is 5.92 Å². The van der Waals surface area contributed by atoms with Crippen molar-refractivity contribution in [2.45, 2.75) is 25.7 Å². The molecule has 1 aliphatic heterocycles. The zero-order valence-electron chi connectivity index (χ0n) is 15.7. The lowest BCUT2D eigenvalue weighted by Crippen LogP contribution is -2.51. The molecule has 28 heavy (non-hydrogen) atoms. The third-order valence-corrected chi connectivity index (χ3v) is 5.82. The highest BCUT2D eigenvalue weighted by molar-refractivity contribution is 6.34. The molecule has 152 valence electrons. The lowest BCUT2D eigenvalue weighted by atomic mass is 10.1. The normalized spacial score (nSPS) is 18.2. The standard InChI is InChI=1S/C19H25ClN4O4/c20-17-13-15(24(27)28)5-6-16(17)18(25)21-7-8-22-9-11-23(12-10-22)19(26)14-3-1-2-4-14/h5-6,13-14H,1-4,7-12H2,(H,21,25). The number of carbonyl (C=O) groups excluding carboxylic acids is 2. The maximum absolute atomic E-state index is 12.5. The molecule has 0 atom stereocenters. The van der Waals surface area contributed by atoms with Crippen molar-refractivity contribution in [3.63, 3.8) is 0 Å². The SMILES string of the molecule is O=C(NCCN1CCN(C(=O)C2CCCC2)CC1)c1ccc([N+](=O)[O-])cc1Cl. The summed E-state index contributed by atoms with van der Waals surface area (Å²) in [7, 11) is 0. The first-order valence-electron chi connectivity index (χ1n) is 9.69. The van der Waals surface area contributed by atoms with Gasteiger partial charge in [0.15, 0.2) is 0 Å². The van der Waals surface area contributed by atoms with Gasteiger partial charge in [-0.3, -0.25) is 24.6 Å². The largest absolute Gasteiger partial charge is 0.351 e. The number of halogens is 1. The van der Waals surface area contributed by atoms with Crippen LogP contribution in [0.1, 0.15) is 36.0 Å². The summed E-state index contributed by atoms with van der Waals surface area (Å²) in [6.45, 7) is 4.19. The number of nitrogens with one attached hydrogen (secondary N) is 1. The molecule has 1 aliphatic carbocycles. The maximum atomic E-state index is 12.5. The van der Waals surface area contributed by atoms with Gasteiger partial charge in [0.2, 0.25) is 5.91 Å². The highest BCUT2D eigenvalue weighted by Crippen LogP contribution is 2.27. The first-order valence-corrected chi connectivity index (χ1v) is 10.1. The van der Waals surface area contributed by atoms with E-state index < -0.39 is 4.92 Å². The molecule has 1 heterocycles. The van der Waals surface area contributed by atoms with E-state index in [0.29, 0.717) is 19.0 Å². The lowest BCUT2D eigenvalue weighted by molar-refractivity contribution is -0.384. The molecular weight excluding hydrogens is 384 g/mol. The topological polar surface area (TPSA) is 95.8 Å². The highest BCUT2D eigenvalue weighted by atomic mass is 35.5. The molecule has 1 saturated carbocycles. The Kier molecular flexibility index (Phi) is 6.85. The molecule has 0 radical (unpaired) electrons. The number of rotatable bonds is 6. The van der Waals surface area contributed by atoms with Crippen LogP contribution in [0, 0.1) is 16.0 Å². The molecule has 9 heteroatoms. The van der Waals surface area contributed by atoms with Crippen LogP contribution in [0.5, 0.6) is 0 Å². The van der Waals surface area contributed by atoms with E-state index in [0.717, 1.165) is 51.9 Å². The Bertz CT molecular complexity index is 743. The number of carbonyl (C=O) groups is 2. The second-order valence-electron chi connectivity index (χ2n) is 7.33. The molecule has 2 aliphatic rings. The summed E-state index contributed by atoms with van der Waals surface area (Å²) >= 11 is 5.98. The number of hydrogen-bond donors (Lipinski definition) is 1. The molecule has 1 N–H and O–H groups in total. The third kappa shape index (κ3) is 4.99. The minimum atomic E-state index is -0.551. The number of amides is 2. The van der Waals surface area contributed by atoms with Crippen LogP contribution in [-0.4, -0.2) is 65.8 Å². The first kappa shape index (κ1) is 20.5. The average Bonchev–Trinajstić information content (AvgIpc) is 3.22. The zero-order valence-corrected chi connectivity index (χ0v) is 16.5. The Morgan fingerprint density at radius 2 is 1.86 bits per heavy atom. The van der Waals surface area contributed by atoms with Crippen molar-refractivity contribution < 1.29 is 14.5 Å². The van der Waals surface area contributed by atoms with Crippen molar-refractivity contribution in [2.75, 3.05) is 39.3 Å². The van der Waals surface area contributed by atoms with Crippen molar-refractivity contribution in [3.05, 3.63) is 38.9 Å². The van der Waals surface area contributed by atoms with Crippen LogP contribution in [0.3, 0.4) is 0 Å². The predicted octanol–water partition coefficient (Wildman–Crippen LogP) is 2.31. The van der Waals surface area contributed by atoms with Gasteiger partial charge < -0.3 is 10.2 Å². The fourth-order valence-corrected chi connectivity index (χ4v) is 4.11. The van der Waals surface area contributed by atoms with Gasteiger partial charge in [0, 0.05) is 57.3 Å². The molecule has 0 spiro atoms. The Hall–Kier alpha value is -2.19. The van der Waals surface area contributed by atoms with Gasteiger partial charge in [-0.05, 0) is 18.9 Å². The van der Waals surface area contributed by atoms with Crippen LogP contribution in [0.25, 0.3) is 0 Å². The fraction of sp³-hybridized carbons (Fsp3) is 0.579. The van der Waals surface area contributed by atoms with Gasteiger partial charge in [0.1, 0.15) is 0 Å². The molecule has 8 nitrogen and oxygen atoms in total. The fourth-order valence-electron chi connectivity index (χ4n) is 3.85. The summed E-state index contributed by atoms with van der Waals surface area (Å²) in [4.78, 5) is 39.1. The number of non-ortho nitro benzene ring substituents is 1. The van der Waals surface area contributed by atoms with Gasteiger partial charge in [-0.1, -0.05) is 24.4 Å². The van der Waals surface area contributed by atoms with E-state index in [1.54, 1.807) is 0 Å². The van der Waals surface area contributed by atoms with Crippen LogP contribution < -0.4 is 5.32 Å². The zero-order chi connectivity index (χ0) is 20.1. The van der Waals surface area contributed by atoms with Crippen LogP contribution >= 0.6 is 11.6 Å². The molecule has 2 fully saturated rings. The summed E-state index contributed by atoms with van der Waals surface area (Å²) in [5.41, 5.74) is 0.0748. The summed E-state index contributed by atoms with van der Waals surface area (Å²) in [5.74, 6) is 0.172. The summed E-state index contributed by atoms with van der Waals surface area (Å²) in [6.07, 6.45) is 4.37. The lowest BCUT2D eigenvalue weighted by Gasteiger charge is -2.36. The second-order valence-corrected chi connectivity index (χ2v) is 7.73. The van der Waals surface area contributed by atoms with Gasteiger partial charge in [-0.15, -0.1) is 0 Å². The van der Waals surface area contributed by atoms with Crippen molar-refractivity contribution in [1.29, 1.82) is 0 Å². The average molecular weight is 409 g/mol. The predicted molar refractivity (Wildman–Crippen MR) is 105 cm³/mol. The Morgan fingerprint density at radius 1 is 1.18 bits per heavy atom. The smallest absolute Gasteiger partial charge is 0.270 e. The minimum Gasteiger partial charge on any atom is -0.351 e. The van der Waals surface area contributed by atoms with E-state index in [-0.39, 0.29) is 28.1 Å². The van der Waals surface area contributed by atoms with Crippen LogP contribution in [0.2, 0.25) is 5.02 Å². The summed E-state index contributed by atoms with van der Waals surface area (Å²) < 4.78 is 0. The summed E-state index contributed by atoms with van der Waals surface area (Å²) in [5, 5.41) is 13.6. The molecule has 3 rings (SSSR count). The molecule has 0 unspecified atom stereocenters. The van der Waals surface area contributed by atoms with E-state index in [4.69, 9.17) is 11.6 Å². The van der Waals surface area contributed by atoms with Crippen molar-refractivity contribution >= 4 is 29.1 Å². The highest BCUT2D eigenvalue weighted by Gasteiger charge is 2.29. The molecule has 0 aromatic heterocycles. The van der Waals surface area contributed by atoms with Gasteiger partial charge in [0.05, 0.1) is 15.5 Å². The number of nitro benzene ring substituents is 1.